The number of nitrogens with two attached hydrogens (primary N) is 2. The van der Waals surface area contributed by atoms with Crippen LogP contribution < -0.4 is 22.1 Å². The quantitative estimate of drug-likeness (QED) is 0.138. The Hall–Kier alpha value is -3.75. The number of carbonyl (C=O) groups excluding carboxylic acids is 4. The summed E-state index contributed by atoms with van der Waals surface area (Å²) < 4.78 is 0. The molecule has 0 aromatic carbocycles. The zero-order chi connectivity index (χ0) is 25.3. The minimum Gasteiger partial charge on any atom is -0.481 e. The van der Waals surface area contributed by atoms with Crippen LogP contribution in [0.25, 0.3) is 0 Å². The first-order valence-electron chi connectivity index (χ1n) is 9.95. The van der Waals surface area contributed by atoms with Crippen LogP contribution in [0.15, 0.2) is 0 Å². The summed E-state index contributed by atoms with van der Waals surface area (Å²) in [6.07, 6.45) is -1.80. The van der Waals surface area contributed by atoms with Crippen molar-refractivity contribution < 1.29 is 48.9 Å². The fourth-order valence-electron chi connectivity index (χ4n) is 3.27. The van der Waals surface area contributed by atoms with Crippen LogP contribution >= 0.6 is 0 Å². The number of amides is 4. The highest BCUT2D eigenvalue weighted by molar-refractivity contribution is 5.96. The van der Waals surface area contributed by atoms with Crippen LogP contribution in [0.2, 0.25) is 0 Å². The van der Waals surface area contributed by atoms with E-state index in [9.17, 15) is 33.6 Å². The number of nitrogens with one attached hydrogen (secondary N) is 2. The Balaban J connectivity index is 2.92. The lowest BCUT2D eigenvalue weighted by Gasteiger charge is -2.28. The van der Waals surface area contributed by atoms with E-state index in [2.05, 4.69) is 5.32 Å². The minimum atomic E-state index is -1.70. The molecule has 33 heavy (non-hydrogen) atoms. The smallest absolute Gasteiger partial charge is 0.326 e. The molecule has 0 saturated carbocycles. The zero-order valence-electron chi connectivity index (χ0n) is 17.6. The zero-order valence-corrected chi connectivity index (χ0v) is 17.6. The van der Waals surface area contributed by atoms with Gasteiger partial charge in [0.25, 0.3) is 0 Å². The van der Waals surface area contributed by atoms with Gasteiger partial charge in [-0.25, -0.2) is 4.79 Å². The van der Waals surface area contributed by atoms with Gasteiger partial charge >= 0.3 is 17.9 Å². The number of nitrogens with zero attached hydrogens (tertiary/aromatic N) is 1. The van der Waals surface area contributed by atoms with Crippen molar-refractivity contribution in [3.05, 3.63) is 0 Å². The van der Waals surface area contributed by atoms with Crippen molar-refractivity contribution in [2.75, 3.05) is 6.54 Å². The molecule has 15 nitrogen and oxygen atoms in total. The van der Waals surface area contributed by atoms with Gasteiger partial charge in [0.15, 0.2) is 0 Å². The lowest BCUT2D eigenvalue weighted by Crippen LogP contribution is -2.57. The Labute approximate surface area is 187 Å². The molecule has 1 saturated heterocycles. The molecule has 4 atom stereocenters. The van der Waals surface area contributed by atoms with Gasteiger partial charge in [-0.05, 0) is 19.3 Å². The molecule has 0 radical (unpaired) electrons. The average molecular weight is 473 g/mol. The van der Waals surface area contributed by atoms with Crippen molar-refractivity contribution in [1.82, 2.24) is 15.5 Å². The molecule has 0 aliphatic carbocycles. The third-order valence-electron chi connectivity index (χ3n) is 4.85. The van der Waals surface area contributed by atoms with Gasteiger partial charge in [0.2, 0.25) is 23.6 Å². The summed E-state index contributed by atoms with van der Waals surface area (Å²) in [4.78, 5) is 82.9. The van der Waals surface area contributed by atoms with Crippen LogP contribution in [0.4, 0.5) is 0 Å². The largest absolute Gasteiger partial charge is 0.481 e. The molecule has 1 heterocycles. The highest BCUT2D eigenvalue weighted by atomic mass is 16.4. The minimum absolute atomic E-state index is 0.134. The molecular formula is C18H27N5O10. The van der Waals surface area contributed by atoms with Crippen LogP contribution in [0.1, 0.15) is 38.5 Å². The second-order valence-corrected chi connectivity index (χ2v) is 7.46. The maximum Gasteiger partial charge on any atom is 0.326 e. The van der Waals surface area contributed by atoms with E-state index in [4.69, 9.17) is 26.8 Å². The number of hydrogen-bond acceptors (Lipinski definition) is 8. The predicted octanol–water partition coefficient (Wildman–Crippen LogP) is -3.43. The second kappa shape index (κ2) is 12.3. The molecule has 1 fully saturated rings. The molecule has 9 N–H and O–H groups in total. The maximum atomic E-state index is 12.7. The van der Waals surface area contributed by atoms with E-state index in [0.717, 1.165) is 4.90 Å². The lowest BCUT2D eigenvalue weighted by molar-refractivity contribution is -0.145. The molecule has 1 rings (SSSR count). The Kier molecular flexibility index (Phi) is 10.2. The van der Waals surface area contributed by atoms with Crippen molar-refractivity contribution >= 4 is 41.5 Å². The van der Waals surface area contributed by atoms with E-state index in [1.807, 2.05) is 5.32 Å². The number of carboxylic acid groups (broad SMARTS) is 3. The Morgan fingerprint density at radius 1 is 0.939 bits per heavy atom. The van der Waals surface area contributed by atoms with Crippen LogP contribution in [0.5, 0.6) is 0 Å². The van der Waals surface area contributed by atoms with Gasteiger partial charge in [0, 0.05) is 13.0 Å². The van der Waals surface area contributed by atoms with E-state index in [-0.39, 0.29) is 13.0 Å². The van der Waals surface area contributed by atoms with Crippen molar-refractivity contribution in [1.29, 1.82) is 0 Å². The maximum absolute atomic E-state index is 12.7. The molecule has 184 valence electrons. The summed E-state index contributed by atoms with van der Waals surface area (Å²) in [6.45, 7) is 0.134. The number of carbonyl (C=O) groups is 7. The normalized spacial score (nSPS) is 18.0. The van der Waals surface area contributed by atoms with Gasteiger partial charge in [0.05, 0.1) is 18.9 Å². The van der Waals surface area contributed by atoms with Crippen LogP contribution in [0, 0.1) is 0 Å². The number of rotatable bonds is 13. The first kappa shape index (κ1) is 27.3. The van der Waals surface area contributed by atoms with Gasteiger partial charge in [0.1, 0.15) is 18.1 Å². The highest BCUT2D eigenvalue weighted by Crippen LogP contribution is 2.19. The van der Waals surface area contributed by atoms with Gasteiger partial charge in [-0.1, -0.05) is 0 Å². The van der Waals surface area contributed by atoms with E-state index >= 15 is 0 Å². The number of likely N-dealkylation sites (tertiary alicyclic amines) is 1. The topological polar surface area (TPSA) is 260 Å². The van der Waals surface area contributed by atoms with Gasteiger partial charge in [-0.3, -0.25) is 28.8 Å². The molecule has 1 aliphatic heterocycles. The molecule has 0 aromatic heterocycles. The van der Waals surface area contributed by atoms with E-state index in [1.165, 1.54) is 0 Å². The Bertz CT molecular complexity index is 816. The third kappa shape index (κ3) is 8.72. The SMILES string of the molecule is NC(=O)CC(N)C(=O)N1CCCC1C(=O)NC(CC(=O)O)C(=O)NC(CCC(=O)O)C(=O)O. The fraction of sp³-hybridized carbons (Fsp3) is 0.611. The fourth-order valence-corrected chi connectivity index (χ4v) is 3.27. The van der Waals surface area contributed by atoms with Crippen LogP contribution in [-0.2, 0) is 33.6 Å². The molecule has 0 bridgehead atoms. The van der Waals surface area contributed by atoms with Crippen molar-refractivity contribution in [3.8, 4) is 0 Å². The summed E-state index contributed by atoms with van der Waals surface area (Å²) in [5, 5.41) is 31.1. The molecule has 0 aromatic rings. The molecule has 15 heteroatoms. The first-order valence-corrected chi connectivity index (χ1v) is 9.95. The molecule has 4 amide bonds. The van der Waals surface area contributed by atoms with Gasteiger partial charge < -0.3 is 42.3 Å². The van der Waals surface area contributed by atoms with Crippen LogP contribution in [0.3, 0.4) is 0 Å². The number of hydrogen-bond donors (Lipinski definition) is 7. The average Bonchev–Trinajstić information content (AvgIpc) is 3.18. The lowest BCUT2D eigenvalue weighted by atomic mass is 10.1. The van der Waals surface area contributed by atoms with Crippen LogP contribution in [-0.4, -0.2) is 92.5 Å². The molecular weight excluding hydrogens is 446 g/mol. The monoisotopic (exact) mass is 473 g/mol. The highest BCUT2D eigenvalue weighted by Gasteiger charge is 2.38. The van der Waals surface area contributed by atoms with E-state index < -0.39 is 91.4 Å². The Morgan fingerprint density at radius 3 is 2.09 bits per heavy atom. The van der Waals surface area contributed by atoms with E-state index in [0.29, 0.717) is 6.42 Å². The first-order chi connectivity index (χ1) is 15.3. The summed E-state index contributed by atoms with van der Waals surface area (Å²) in [7, 11) is 0. The predicted molar refractivity (Wildman–Crippen MR) is 107 cm³/mol. The summed E-state index contributed by atoms with van der Waals surface area (Å²) in [5.41, 5.74) is 10.7. The molecule has 1 aliphatic rings. The number of carboxylic acids is 3. The van der Waals surface area contributed by atoms with Gasteiger partial charge in [-0.15, -0.1) is 0 Å². The summed E-state index contributed by atoms with van der Waals surface area (Å²) >= 11 is 0. The number of aliphatic carboxylic acids is 3. The molecule has 0 spiro atoms. The molecule has 4 unspecified atom stereocenters. The Morgan fingerprint density at radius 2 is 1.58 bits per heavy atom. The third-order valence-corrected chi connectivity index (χ3v) is 4.85. The van der Waals surface area contributed by atoms with Crippen molar-refractivity contribution in [2.45, 2.75) is 62.7 Å². The second-order valence-electron chi connectivity index (χ2n) is 7.46. The van der Waals surface area contributed by atoms with E-state index in [1.54, 1.807) is 0 Å². The number of primary amides is 1. The van der Waals surface area contributed by atoms with Gasteiger partial charge in [-0.2, -0.15) is 0 Å². The summed E-state index contributed by atoms with van der Waals surface area (Å²) in [5.74, 6) is -7.87. The summed E-state index contributed by atoms with van der Waals surface area (Å²) in [6, 6.07) is -5.70. The standard InChI is InChI=1S/C18H27N5O10/c19-8(6-12(20)24)17(31)23-5-1-2-11(23)16(30)22-10(7-14(27)28)15(29)21-9(18(32)33)3-4-13(25)26/h8-11H,1-7,19H2,(H2,20,24)(H,21,29)(H,22,30)(H,25,26)(H,27,28)(H,32,33). The van der Waals surface area contributed by atoms with Crippen molar-refractivity contribution in [3.63, 3.8) is 0 Å². The van der Waals surface area contributed by atoms with Crippen molar-refractivity contribution in [2.24, 2.45) is 11.5 Å².